The van der Waals surface area contributed by atoms with Gasteiger partial charge in [0.1, 0.15) is 0 Å². The fourth-order valence-corrected chi connectivity index (χ4v) is 4.55. The van der Waals surface area contributed by atoms with Gasteiger partial charge in [-0.2, -0.15) is 0 Å². The fraction of sp³-hybridized carbons (Fsp3) is 0.0769. The molecule has 1 heterocycles. The summed E-state index contributed by atoms with van der Waals surface area (Å²) in [6, 6.07) is 32.7. The van der Waals surface area contributed by atoms with Crippen molar-refractivity contribution in [3.63, 3.8) is 0 Å². The third kappa shape index (κ3) is 2.76. The highest BCUT2D eigenvalue weighted by Gasteiger charge is 2.13. The van der Waals surface area contributed by atoms with E-state index in [1.54, 1.807) is 0 Å². The number of nitrogens with zero attached hydrogens (tertiary/aromatic N) is 1. The molecule has 0 N–H and O–H groups in total. The molecule has 0 unspecified atom stereocenters. The monoisotopic (exact) mass is 425 g/mol. The zero-order valence-corrected chi connectivity index (χ0v) is 17.3. The van der Waals surface area contributed by atoms with Gasteiger partial charge in [-0.05, 0) is 59.5 Å². The van der Waals surface area contributed by atoms with E-state index in [9.17, 15) is 0 Å². The van der Waals surface area contributed by atoms with E-state index < -0.39 is 0 Å². The van der Waals surface area contributed by atoms with Gasteiger partial charge >= 0.3 is 0 Å². The number of hydrogen-bond acceptors (Lipinski definition) is 0. The first-order valence-corrected chi connectivity index (χ1v) is 10.4. The van der Waals surface area contributed by atoms with Crippen LogP contribution in [0.1, 0.15) is 6.92 Å². The maximum Gasteiger partial charge on any atom is 0.0492 e. The molecule has 0 aliphatic rings. The summed E-state index contributed by atoms with van der Waals surface area (Å²) < 4.78 is 3.51. The largest absolute Gasteiger partial charge is 0.341 e. The van der Waals surface area contributed by atoms with Crippen LogP contribution in [0, 0.1) is 0 Å². The summed E-state index contributed by atoms with van der Waals surface area (Å²) in [6.07, 6.45) is 0. The number of hydrogen-bond donors (Lipinski definition) is 0. The second kappa shape index (κ2) is 6.96. The Hall–Kier alpha value is -2.84. The van der Waals surface area contributed by atoms with Gasteiger partial charge in [0.15, 0.2) is 0 Å². The molecule has 28 heavy (non-hydrogen) atoms. The lowest BCUT2D eigenvalue weighted by atomic mass is 9.94. The summed E-state index contributed by atoms with van der Waals surface area (Å²) >= 11 is 3.65. The lowest BCUT2D eigenvalue weighted by molar-refractivity contribution is 0.827. The van der Waals surface area contributed by atoms with Gasteiger partial charge < -0.3 is 4.57 Å². The highest BCUT2D eigenvalue weighted by Crippen LogP contribution is 2.37. The van der Waals surface area contributed by atoms with Crippen LogP contribution in [0.25, 0.3) is 44.1 Å². The van der Waals surface area contributed by atoms with Gasteiger partial charge in [-0.15, -0.1) is 0 Å². The second-order valence-corrected chi connectivity index (χ2v) is 7.96. The van der Waals surface area contributed by atoms with Gasteiger partial charge in [-0.3, -0.25) is 0 Å². The van der Waals surface area contributed by atoms with Crippen LogP contribution in [-0.4, -0.2) is 4.57 Å². The van der Waals surface area contributed by atoms with Crippen LogP contribution in [0.5, 0.6) is 0 Å². The van der Waals surface area contributed by atoms with E-state index in [4.69, 9.17) is 0 Å². The summed E-state index contributed by atoms with van der Waals surface area (Å²) in [7, 11) is 0. The van der Waals surface area contributed by atoms with Gasteiger partial charge in [0.25, 0.3) is 0 Å². The lowest BCUT2D eigenvalue weighted by Gasteiger charge is -2.11. The van der Waals surface area contributed by atoms with Crippen LogP contribution in [-0.2, 0) is 6.54 Å². The van der Waals surface area contributed by atoms with Gasteiger partial charge in [0, 0.05) is 32.8 Å². The first-order valence-electron chi connectivity index (χ1n) is 9.62. The zero-order chi connectivity index (χ0) is 19.1. The Kier molecular flexibility index (Phi) is 4.29. The van der Waals surface area contributed by atoms with Crippen LogP contribution in [0.3, 0.4) is 0 Å². The molecule has 2 heteroatoms. The molecule has 0 bridgehead atoms. The molecular weight excluding hydrogens is 406 g/mol. The average Bonchev–Trinajstić information content (AvgIpc) is 3.06. The van der Waals surface area contributed by atoms with E-state index in [0.717, 1.165) is 11.0 Å². The zero-order valence-electron chi connectivity index (χ0n) is 15.7. The Morgan fingerprint density at radius 3 is 1.96 bits per heavy atom. The number of rotatable bonds is 3. The Bertz CT molecular complexity index is 1300. The molecule has 4 aromatic carbocycles. The highest BCUT2D eigenvalue weighted by atomic mass is 79.9. The summed E-state index contributed by atoms with van der Waals surface area (Å²) in [5.41, 5.74) is 7.61. The summed E-state index contributed by atoms with van der Waals surface area (Å²) in [5, 5.41) is 2.60. The van der Waals surface area contributed by atoms with Crippen LogP contribution in [0.4, 0.5) is 0 Å². The molecule has 0 aliphatic carbocycles. The molecule has 136 valence electrons. The molecule has 0 amide bonds. The molecule has 5 rings (SSSR count). The lowest BCUT2D eigenvalue weighted by Crippen LogP contribution is -1.92. The molecule has 0 aliphatic heterocycles. The molecule has 0 fully saturated rings. The van der Waals surface area contributed by atoms with Gasteiger partial charge in [0.05, 0.1) is 0 Å². The molecule has 5 aromatic rings. The van der Waals surface area contributed by atoms with Crippen LogP contribution < -0.4 is 0 Å². The maximum absolute atomic E-state index is 3.65. The van der Waals surface area contributed by atoms with Gasteiger partial charge in [-0.1, -0.05) is 76.6 Å². The smallest absolute Gasteiger partial charge is 0.0492 e. The molecule has 1 aromatic heterocycles. The van der Waals surface area contributed by atoms with Crippen molar-refractivity contribution in [2.45, 2.75) is 13.5 Å². The van der Waals surface area contributed by atoms with Crippen LogP contribution in [0.2, 0.25) is 0 Å². The van der Waals surface area contributed by atoms with Crippen molar-refractivity contribution in [3.05, 3.63) is 95.5 Å². The molecule has 0 spiro atoms. The number of benzene rings is 4. The SMILES string of the molecule is CCn1c2ccc(Br)cc2c2cc(-c3ccccc3-c3ccccc3)ccc21. The molecule has 0 radical (unpaired) electrons. The van der Waals surface area contributed by atoms with Gasteiger partial charge in [-0.25, -0.2) is 0 Å². The van der Waals surface area contributed by atoms with Gasteiger partial charge in [0.2, 0.25) is 0 Å². The quantitative estimate of drug-likeness (QED) is 0.276. The Morgan fingerprint density at radius 1 is 0.643 bits per heavy atom. The predicted molar refractivity (Wildman–Crippen MR) is 124 cm³/mol. The first kappa shape index (κ1) is 17.3. The molecule has 1 nitrogen and oxygen atoms in total. The Balaban J connectivity index is 1.78. The summed E-state index contributed by atoms with van der Waals surface area (Å²) in [5.74, 6) is 0. The predicted octanol–water partition coefficient (Wildman–Crippen LogP) is 7.91. The minimum absolute atomic E-state index is 0.960. The number of aryl methyl sites for hydroxylation is 1. The standard InChI is InChI=1S/C26H20BrN/c1-2-28-25-14-12-19(16-23(25)24-17-20(27)13-15-26(24)28)22-11-7-6-10-21(22)18-8-4-3-5-9-18/h3-17H,2H2,1H3. The maximum atomic E-state index is 3.65. The third-order valence-corrected chi connectivity index (χ3v) is 5.96. The second-order valence-electron chi connectivity index (χ2n) is 7.05. The normalized spacial score (nSPS) is 11.4. The Labute approximate surface area is 173 Å². The van der Waals surface area contributed by atoms with Crippen molar-refractivity contribution in [2.75, 3.05) is 0 Å². The minimum Gasteiger partial charge on any atom is -0.341 e. The number of halogens is 1. The molecule has 0 saturated carbocycles. The van der Waals surface area contributed by atoms with E-state index in [0.29, 0.717) is 0 Å². The van der Waals surface area contributed by atoms with E-state index in [-0.39, 0.29) is 0 Å². The molecule has 0 atom stereocenters. The van der Waals surface area contributed by atoms with Crippen molar-refractivity contribution in [3.8, 4) is 22.3 Å². The topological polar surface area (TPSA) is 4.93 Å². The van der Waals surface area contributed by atoms with E-state index in [2.05, 4.69) is 118 Å². The van der Waals surface area contributed by atoms with E-state index >= 15 is 0 Å². The Morgan fingerprint density at radius 2 is 1.25 bits per heavy atom. The molecular formula is C26H20BrN. The van der Waals surface area contributed by atoms with Crippen LogP contribution >= 0.6 is 15.9 Å². The first-order chi connectivity index (χ1) is 13.8. The van der Waals surface area contributed by atoms with Crippen LogP contribution in [0.15, 0.2) is 95.5 Å². The fourth-order valence-electron chi connectivity index (χ4n) is 4.19. The van der Waals surface area contributed by atoms with Crippen molar-refractivity contribution in [2.24, 2.45) is 0 Å². The van der Waals surface area contributed by atoms with E-state index in [1.807, 2.05) is 0 Å². The minimum atomic E-state index is 0.960. The van der Waals surface area contributed by atoms with Crippen molar-refractivity contribution < 1.29 is 0 Å². The number of aromatic nitrogens is 1. The average molecular weight is 426 g/mol. The highest BCUT2D eigenvalue weighted by molar-refractivity contribution is 9.10. The molecule has 0 saturated heterocycles. The van der Waals surface area contributed by atoms with Crippen molar-refractivity contribution >= 4 is 37.7 Å². The number of fused-ring (bicyclic) bond motifs is 3. The third-order valence-electron chi connectivity index (χ3n) is 5.47. The summed E-state index contributed by atoms with van der Waals surface area (Å²) in [4.78, 5) is 0. The van der Waals surface area contributed by atoms with Crippen molar-refractivity contribution in [1.82, 2.24) is 4.57 Å². The van der Waals surface area contributed by atoms with E-state index in [1.165, 1.54) is 44.1 Å². The van der Waals surface area contributed by atoms with Crippen molar-refractivity contribution in [1.29, 1.82) is 0 Å². The summed E-state index contributed by atoms with van der Waals surface area (Å²) in [6.45, 7) is 3.17.